The average molecular weight is 546 g/mol. The molecular formula is C26H18CuN4O2S2. The van der Waals surface area contributed by atoms with E-state index >= 15 is 0 Å². The van der Waals surface area contributed by atoms with E-state index < -0.39 is 0 Å². The maximum atomic E-state index is 11.8. The number of rotatable bonds is 4. The molecule has 1 radical (unpaired) electrons. The molecule has 0 aliphatic carbocycles. The molecular weight excluding hydrogens is 528 g/mol. The van der Waals surface area contributed by atoms with E-state index in [2.05, 4.69) is 34.4 Å². The molecule has 0 aliphatic rings. The van der Waals surface area contributed by atoms with E-state index in [9.17, 15) is 9.59 Å². The van der Waals surface area contributed by atoms with Gasteiger partial charge in [0.05, 0.1) is 0 Å². The fraction of sp³-hybridized carbons (Fsp3) is 0. The third-order valence-electron chi connectivity index (χ3n) is 3.87. The third-order valence-corrected chi connectivity index (χ3v) is 3.87. The van der Waals surface area contributed by atoms with Crippen molar-refractivity contribution >= 4 is 46.3 Å². The van der Waals surface area contributed by atoms with Crippen LogP contribution in [0.4, 0.5) is 0 Å². The number of thiocarbonyl (C=S) groups is 2. The van der Waals surface area contributed by atoms with Gasteiger partial charge in [-0.2, -0.15) is 10.3 Å². The van der Waals surface area contributed by atoms with E-state index in [4.69, 9.17) is 10.8 Å². The topological polar surface area (TPSA) is 105 Å². The minimum absolute atomic E-state index is 0. The quantitative estimate of drug-likeness (QED) is 0.136. The molecule has 0 amide bonds. The molecule has 4 aromatic rings. The zero-order valence-electron chi connectivity index (χ0n) is 18.1. The summed E-state index contributed by atoms with van der Waals surface area (Å²) in [7, 11) is 0. The van der Waals surface area contributed by atoms with Gasteiger partial charge in [0.2, 0.25) is 11.6 Å². The van der Waals surface area contributed by atoms with Gasteiger partial charge < -0.3 is 10.8 Å². The summed E-state index contributed by atoms with van der Waals surface area (Å²) in [5.41, 5.74) is 2.31. The summed E-state index contributed by atoms with van der Waals surface area (Å²) >= 11 is 7.40. The van der Waals surface area contributed by atoms with Crippen LogP contribution < -0.4 is 0 Å². The maximum absolute atomic E-state index is 11.8. The molecule has 0 spiro atoms. The number of carbonyl (C=O) groups is 2. The molecule has 2 aromatic heterocycles. The third kappa shape index (κ3) is 12.3. The van der Waals surface area contributed by atoms with Gasteiger partial charge in [0.15, 0.2) is 0 Å². The molecule has 177 valence electrons. The molecule has 0 fully saturated rings. The zero-order chi connectivity index (χ0) is 25.0. The number of hydrogen-bond donors (Lipinski definition) is 0. The monoisotopic (exact) mass is 545 g/mol. The number of carbonyl (C=O) groups excluding carboxylic acids is 2. The molecule has 0 N–H and O–H groups in total. The summed E-state index contributed by atoms with van der Waals surface area (Å²) in [6.45, 7) is 0. The normalized spacial score (nSPS) is 8.23. The second-order valence-electron chi connectivity index (χ2n) is 6.00. The van der Waals surface area contributed by atoms with Gasteiger partial charge in [-0.15, -0.1) is 0 Å². The van der Waals surface area contributed by atoms with Crippen LogP contribution in [-0.2, 0) is 17.1 Å². The zero-order valence-corrected chi connectivity index (χ0v) is 20.7. The Labute approximate surface area is 225 Å². The van der Waals surface area contributed by atoms with Crippen LogP contribution in [0.2, 0.25) is 0 Å². The van der Waals surface area contributed by atoms with Crippen LogP contribution >= 0.6 is 24.4 Å². The Bertz CT molecular complexity index is 1030. The minimum atomic E-state index is -0.0359. The van der Waals surface area contributed by atoms with Gasteiger partial charge >= 0.3 is 17.1 Å². The van der Waals surface area contributed by atoms with Crippen molar-refractivity contribution in [3.8, 4) is 0 Å². The fourth-order valence-corrected chi connectivity index (χ4v) is 2.47. The first-order valence-corrected chi connectivity index (χ1v) is 10.4. The van der Waals surface area contributed by atoms with Crippen LogP contribution in [0.5, 0.6) is 0 Å². The Balaban J connectivity index is 0.000000528. The molecule has 4 rings (SSSR count). The summed E-state index contributed by atoms with van der Waals surface area (Å²) in [6.07, 6.45) is 3.24. The molecule has 9 heteroatoms. The van der Waals surface area contributed by atoms with Gasteiger partial charge in [-0.3, -0.25) is 19.6 Å². The molecule has 2 aromatic carbocycles. The smallest absolute Gasteiger partial charge is 0.753 e. The first kappa shape index (κ1) is 31.2. The molecule has 0 saturated heterocycles. The van der Waals surface area contributed by atoms with E-state index in [1.807, 2.05) is 48.5 Å². The summed E-state index contributed by atoms with van der Waals surface area (Å²) < 4.78 is 0. The Hall–Kier alpha value is -3.80. The summed E-state index contributed by atoms with van der Waals surface area (Å²) in [5, 5.41) is 16.9. The molecule has 6 nitrogen and oxygen atoms in total. The second kappa shape index (κ2) is 19.6. The van der Waals surface area contributed by atoms with Gasteiger partial charge in [-0.05, 0) is 24.3 Å². The predicted molar refractivity (Wildman–Crippen MR) is 140 cm³/mol. The van der Waals surface area contributed by atoms with Crippen LogP contribution in [0.15, 0.2) is 109 Å². The maximum Gasteiger partial charge on any atom is 2.00 e. The average Bonchev–Trinajstić information content (AvgIpc) is 2.91. The first-order valence-electron chi connectivity index (χ1n) is 9.63. The Morgan fingerprint density at radius 1 is 0.571 bits per heavy atom. The van der Waals surface area contributed by atoms with E-state index in [1.54, 1.807) is 60.9 Å². The van der Waals surface area contributed by atoms with E-state index in [1.165, 1.54) is 10.3 Å². The van der Waals surface area contributed by atoms with Gasteiger partial charge in [0.1, 0.15) is 11.4 Å². The SMILES string of the molecule is O=C(c1ccccc1)c1ccccn1.O=C(c1ccccc1)c1ccccn1.[Cu+2].[N-]=C=S.[N-]=C=S. The van der Waals surface area contributed by atoms with Crippen molar-refractivity contribution in [3.05, 3.63) is 143 Å². The summed E-state index contributed by atoms with van der Waals surface area (Å²) in [6, 6.07) is 28.9. The number of ketones is 2. The Kier molecular flexibility index (Phi) is 17.5. The molecule has 0 atom stereocenters. The van der Waals surface area contributed by atoms with Gasteiger partial charge in [-0.25, -0.2) is 0 Å². The minimum Gasteiger partial charge on any atom is -0.753 e. The van der Waals surface area contributed by atoms with Crippen LogP contribution in [0, 0.1) is 0 Å². The van der Waals surface area contributed by atoms with Crippen molar-refractivity contribution in [3.63, 3.8) is 0 Å². The second-order valence-corrected chi connectivity index (χ2v) is 6.37. The predicted octanol–water partition coefficient (Wildman–Crippen LogP) is 5.94. The van der Waals surface area contributed by atoms with Gasteiger partial charge in [0.25, 0.3) is 0 Å². The van der Waals surface area contributed by atoms with Crippen molar-refractivity contribution in [2.24, 2.45) is 0 Å². The Morgan fingerprint density at radius 2 is 0.857 bits per heavy atom. The largest absolute Gasteiger partial charge is 2.00 e. The van der Waals surface area contributed by atoms with E-state index in [0.717, 1.165) is 0 Å². The van der Waals surface area contributed by atoms with Crippen molar-refractivity contribution in [1.29, 1.82) is 0 Å². The van der Waals surface area contributed by atoms with Crippen molar-refractivity contribution in [1.82, 2.24) is 9.97 Å². The standard InChI is InChI=1S/2C12H9NO.2CNS.Cu/c2*14-12(10-6-2-1-3-7-10)11-8-4-5-9-13-11;2*2-1-3;/h2*1-9H;;;/q;;2*-1;+2. The van der Waals surface area contributed by atoms with Crippen LogP contribution in [-0.4, -0.2) is 31.9 Å². The van der Waals surface area contributed by atoms with Crippen molar-refractivity contribution in [2.75, 3.05) is 0 Å². The summed E-state index contributed by atoms with van der Waals surface area (Å²) in [5.74, 6) is -0.0719. The van der Waals surface area contributed by atoms with E-state index in [-0.39, 0.29) is 28.6 Å². The fourth-order valence-electron chi connectivity index (χ4n) is 2.47. The number of nitrogens with zero attached hydrogens (tertiary/aromatic N) is 4. The number of benzene rings is 2. The molecule has 0 saturated carbocycles. The van der Waals surface area contributed by atoms with Crippen LogP contribution in [0.25, 0.3) is 10.8 Å². The number of pyridine rings is 2. The number of aromatic nitrogens is 2. The molecule has 2 heterocycles. The number of isothiocyanates is 2. The first-order chi connectivity index (χ1) is 16.6. The van der Waals surface area contributed by atoms with Crippen LogP contribution in [0.3, 0.4) is 0 Å². The van der Waals surface area contributed by atoms with Crippen molar-refractivity contribution < 1.29 is 26.7 Å². The van der Waals surface area contributed by atoms with Gasteiger partial charge in [-0.1, -0.05) is 97.2 Å². The number of hydrogen-bond acceptors (Lipinski definition) is 6. The molecule has 0 unspecified atom stereocenters. The summed E-state index contributed by atoms with van der Waals surface area (Å²) in [4.78, 5) is 31.6. The molecule has 35 heavy (non-hydrogen) atoms. The Morgan fingerprint density at radius 3 is 1.11 bits per heavy atom. The van der Waals surface area contributed by atoms with Crippen molar-refractivity contribution in [2.45, 2.75) is 0 Å². The van der Waals surface area contributed by atoms with Gasteiger partial charge in [0, 0.05) is 23.5 Å². The van der Waals surface area contributed by atoms with Crippen LogP contribution in [0.1, 0.15) is 32.1 Å². The molecule has 0 aliphatic heterocycles. The van der Waals surface area contributed by atoms with E-state index in [0.29, 0.717) is 22.5 Å². The molecule has 0 bridgehead atoms.